The second-order valence-corrected chi connectivity index (χ2v) is 10.2. The molecule has 210 valence electrons. The fourth-order valence-corrected chi connectivity index (χ4v) is 5.27. The van der Waals surface area contributed by atoms with E-state index in [1.165, 1.54) is 43.5 Å². The van der Waals surface area contributed by atoms with Crippen LogP contribution in [0.15, 0.2) is 97.4 Å². The number of fused-ring (bicyclic) bond motifs is 1. The molecule has 5 rings (SSSR count). The lowest BCUT2D eigenvalue weighted by Crippen LogP contribution is -2.29. The summed E-state index contributed by atoms with van der Waals surface area (Å²) in [5, 5.41) is 0.519. The monoisotopic (exact) mass is 555 g/mol. The Morgan fingerprint density at radius 2 is 1.77 bits per heavy atom. The van der Waals surface area contributed by atoms with E-state index in [0.717, 1.165) is 28.9 Å². The average molecular weight is 556 g/mol. The zero-order valence-electron chi connectivity index (χ0n) is 24.4. The van der Waals surface area contributed by atoms with Crippen LogP contribution in [0.1, 0.15) is 68.4 Å². The normalized spacial score (nSPS) is 15.2. The molecule has 3 aromatic rings. The van der Waals surface area contributed by atoms with Crippen molar-refractivity contribution in [2.45, 2.75) is 60.0 Å². The number of allylic oxidation sites excluding steroid dienone is 5. The number of rotatable bonds is 6. The lowest BCUT2D eigenvalue weighted by molar-refractivity contribution is 0.0997. The average Bonchev–Trinajstić information content (AvgIpc) is 3.33. The van der Waals surface area contributed by atoms with Gasteiger partial charge in [-0.05, 0) is 80.7 Å². The molecule has 3 heterocycles. The molecule has 1 amide bonds. The minimum Gasteiger partial charge on any atom is -0.304 e. The van der Waals surface area contributed by atoms with Gasteiger partial charge < -0.3 is 4.90 Å². The van der Waals surface area contributed by atoms with Crippen molar-refractivity contribution < 1.29 is 4.79 Å². The molecule has 0 aliphatic carbocycles. The first-order chi connectivity index (χ1) is 19.5. The number of halogens is 1. The molecule has 1 saturated heterocycles. The van der Waals surface area contributed by atoms with Crippen LogP contribution in [0.3, 0.4) is 0 Å². The topological polar surface area (TPSA) is 36.4 Å². The summed E-state index contributed by atoms with van der Waals surface area (Å²) in [5.41, 5.74) is 7.09. The molecule has 4 nitrogen and oxygen atoms in total. The van der Waals surface area contributed by atoms with E-state index in [9.17, 15) is 4.79 Å². The number of piperidine rings is 1. The van der Waals surface area contributed by atoms with E-state index in [0.29, 0.717) is 17.1 Å². The third kappa shape index (κ3) is 8.27. The van der Waals surface area contributed by atoms with E-state index in [4.69, 9.17) is 11.6 Å². The van der Waals surface area contributed by atoms with Crippen LogP contribution in [0, 0.1) is 0 Å². The molecular weight excluding hydrogens is 514 g/mol. The number of hydrogen-bond acceptors (Lipinski definition) is 3. The first kappa shape index (κ1) is 31.1. The molecule has 2 aliphatic rings. The lowest BCUT2D eigenvalue weighted by atomic mass is 10.0. The Bertz CT molecular complexity index is 1340. The van der Waals surface area contributed by atoms with E-state index in [1.807, 2.05) is 82.6 Å². The predicted molar refractivity (Wildman–Crippen MR) is 171 cm³/mol. The smallest absolute Gasteiger partial charge is 0.260 e. The van der Waals surface area contributed by atoms with Crippen molar-refractivity contribution >= 4 is 23.2 Å². The number of carbonyl (C=O) groups excluding carboxylic acids is 1. The van der Waals surface area contributed by atoms with Crippen molar-refractivity contribution in [3.8, 4) is 11.1 Å². The summed E-state index contributed by atoms with van der Waals surface area (Å²) in [5.74, 6) is -0.0373. The Labute approximate surface area is 245 Å². The Morgan fingerprint density at radius 3 is 2.48 bits per heavy atom. The highest BCUT2D eigenvalue weighted by Gasteiger charge is 2.30. The molecule has 0 spiro atoms. The van der Waals surface area contributed by atoms with Crippen molar-refractivity contribution in [1.82, 2.24) is 9.88 Å². The fraction of sp³-hybridized carbons (Fsp3) is 0.314. The Balaban J connectivity index is 0.000000383. The van der Waals surface area contributed by atoms with Crippen LogP contribution in [-0.4, -0.2) is 28.9 Å². The van der Waals surface area contributed by atoms with Gasteiger partial charge >= 0.3 is 0 Å². The number of anilines is 1. The van der Waals surface area contributed by atoms with Gasteiger partial charge in [-0.25, -0.2) is 0 Å². The third-order valence-electron chi connectivity index (χ3n) is 6.84. The highest BCUT2D eigenvalue weighted by Crippen LogP contribution is 2.34. The van der Waals surface area contributed by atoms with E-state index in [-0.39, 0.29) is 5.91 Å². The van der Waals surface area contributed by atoms with Gasteiger partial charge in [0, 0.05) is 30.2 Å². The molecule has 1 fully saturated rings. The molecule has 0 saturated carbocycles. The van der Waals surface area contributed by atoms with Crippen LogP contribution in [0.4, 0.5) is 5.69 Å². The summed E-state index contributed by atoms with van der Waals surface area (Å²) in [6, 6.07) is 16.0. The first-order valence-corrected chi connectivity index (χ1v) is 14.7. The summed E-state index contributed by atoms with van der Waals surface area (Å²) >= 11 is 6.28. The van der Waals surface area contributed by atoms with E-state index < -0.39 is 0 Å². The maximum Gasteiger partial charge on any atom is 0.260 e. The molecule has 5 heteroatoms. The van der Waals surface area contributed by atoms with Crippen LogP contribution in [-0.2, 0) is 13.1 Å². The molecule has 0 unspecified atom stereocenters. The fourth-order valence-electron chi connectivity index (χ4n) is 4.99. The molecule has 0 N–H and O–H groups in total. The SMILES string of the molecule is C=C/C=C(C)\C=C/C.CC.O=C1c2c(Cl)cccc2CN1c1cccc(-c2cncc(CN3CCCCC3)c2)c1. The molecule has 40 heavy (non-hydrogen) atoms. The Kier molecular flexibility index (Phi) is 12.4. The minimum atomic E-state index is -0.0373. The predicted octanol–water partition coefficient (Wildman–Crippen LogP) is 9.27. The zero-order chi connectivity index (χ0) is 28.9. The molecule has 2 aliphatic heterocycles. The standard InChI is InChI=1S/C25H24ClN3O.C8H12.C2H6/c26-23-9-5-7-20-17-29(25(30)24(20)23)22-8-4-6-19(13-22)21-12-18(14-27-15-21)16-28-10-2-1-3-11-28;1-4-6-8(3)7-5-2;1-2/h4-9,12-15H,1-3,10-11,16-17H2;4-7H,1H2,2-3H3;1-2H3/b;7-5-,8-6-;. The summed E-state index contributed by atoms with van der Waals surface area (Å²) in [6.45, 7) is 15.4. The number of pyridine rings is 1. The molecular formula is C35H42ClN3O. The van der Waals surface area contributed by atoms with Gasteiger partial charge in [0.1, 0.15) is 0 Å². The maximum atomic E-state index is 13.0. The number of likely N-dealkylation sites (tertiary alicyclic amines) is 1. The van der Waals surface area contributed by atoms with Gasteiger partial charge in [-0.15, -0.1) is 0 Å². The van der Waals surface area contributed by atoms with Gasteiger partial charge in [-0.3, -0.25) is 14.7 Å². The van der Waals surface area contributed by atoms with Crippen molar-refractivity contribution in [2.75, 3.05) is 18.0 Å². The van der Waals surface area contributed by atoms with Gasteiger partial charge in [0.15, 0.2) is 0 Å². The highest BCUT2D eigenvalue weighted by atomic mass is 35.5. The van der Waals surface area contributed by atoms with Crippen molar-refractivity contribution in [1.29, 1.82) is 0 Å². The van der Waals surface area contributed by atoms with Crippen molar-refractivity contribution in [3.05, 3.63) is 119 Å². The summed E-state index contributed by atoms with van der Waals surface area (Å²) < 4.78 is 0. The van der Waals surface area contributed by atoms with Crippen molar-refractivity contribution in [3.63, 3.8) is 0 Å². The van der Waals surface area contributed by atoms with Crippen LogP contribution < -0.4 is 4.90 Å². The second-order valence-electron chi connectivity index (χ2n) is 9.78. The second kappa shape index (κ2) is 16.0. The first-order valence-electron chi connectivity index (χ1n) is 14.3. The largest absolute Gasteiger partial charge is 0.304 e. The summed E-state index contributed by atoms with van der Waals surface area (Å²) in [4.78, 5) is 21.8. The van der Waals surface area contributed by atoms with Crippen LogP contribution in [0.2, 0.25) is 5.02 Å². The molecule has 0 atom stereocenters. The van der Waals surface area contributed by atoms with Crippen molar-refractivity contribution in [2.24, 2.45) is 0 Å². The van der Waals surface area contributed by atoms with Crippen LogP contribution in [0.5, 0.6) is 0 Å². The highest BCUT2D eigenvalue weighted by molar-refractivity contribution is 6.35. The van der Waals surface area contributed by atoms with E-state index in [2.05, 4.69) is 34.7 Å². The minimum absolute atomic E-state index is 0.0373. The summed E-state index contributed by atoms with van der Waals surface area (Å²) in [6.07, 6.45) is 15.6. The number of amides is 1. The number of carbonyl (C=O) groups is 1. The maximum absolute atomic E-state index is 13.0. The van der Waals surface area contributed by atoms with Gasteiger partial charge in [0.2, 0.25) is 0 Å². The molecule has 1 aromatic heterocycles. The zero-order valence-corrected chi connectivity index (χ0v) is 25.1. The number of nitrogens with zero attached hydrogens (tertiary/aromatic N) is 3. The van der Waals surface area contributed by atoms with Gasteiger partial charge in [-0.2, -0.15) is 0 Å². The van der Waals surface area contributed by atoms with Gasteiger partial charge in [-0.1, -0.05) is 92.6 Å². The van der Waals surface area contributed by atoms with E-state index in [1.54, 1.807) is 17.0 Å². The number of hydrogen-bond donors (Lipinski definition) is 0. The molecule has 0 radical (unpaired) electrons. The van der Waals surface area contributed by atoms with Crippen LogP contribution >= 0.6 is 11.6 Å². The Morgan fingerprint density at radius 1 is 1.02 bits per heavy atom. The number of aromatic nitrogens is 1. The van der Waals surface area contributed by atoms with Crippen LogP contribution in [0.25, 0.3) is 11.1 Å². The number of benzene rings is 2. The third-order valence-corrected chi connectivity index (χ3v) is 7.15. The Hall–Kier alpha value is -3.47. The van der Waals surface area contributed by atoms with Gasteiger partial charge in [0.25, 0.3) is 5.91 Å². The molecule has 2 aromatic carbocycles. The summed E-state index contributed by atoms with van der Waals surface area (Å²) in [7, 11) is 0. The molecule has 0 bridgehead atoms. The van der Waals surface area contributed by atoms with Gasteiger partial charge in [0.05, 0.1) is 17.1 Å². The van der Waals surface area contributed by atoms with E-state index >= 15 is 0 Å². The quantitative estimate of drug-likeness (QED) is 0.284. The lowest BCUT2D eigenvalue weighted by Gasteiger charge is -2.26.